The summed E-state index contributed by atoms with van der Waals surface area (Å²) >= 11 is 0. The third-order valence-corrected chi connectivity index (χ3v) is 5.96. The summed E-state index contributed by atoms with van der Waals surface area (Å²) in [5.41, 5.74) is 3.38. The predicted molar refractivity (Wildman–Crippen MR) is 139 cm³/mol. The Morgan fingerprint density at radius 3 is 2.37 bits per heavy atom. The molecular formula is C28H22F3N5O2. The number of methoxy groups -OCH3 is 1. The number of amides is 2. The molecule has 2 N–H and O–H groups in total. The van der Waals surface area contributed by atoms with Gasteiger partial charge in [-0.1, -0.05) is 30.3 Å². The highest BCUT2D eigenvalue weighted by atomic mass is 19.4. The molecule has 0 aliphatic heterocycles. The number of fused-ring (bicyclic) bond motifs is 1. The zero-order valence-corrected chi connectivity index (χ0v) is 20.2. The lowest BCUT2D eigenvalue weighted by molar-refractivity contribution is -0.137. The van der Waals surface area contributed by atoms with Crippen molar-refractivity contribution in [2.24, 2.45) is 0 Å². The minimum atomic E-state index is -4.49. The molecule has 2 amide bonds. The van der Waals surface area contributed by atoms with Crippen LogP contribution in [0, 0.1) is 0 Å². The number of benzene rings is 3. The molecule has 0 atom stereocenters. The first-order valence-electron chi connectivity index (χ1n) is 11.6. The van der Waals surface area contributed by atoms with E-state index < -0.39 is 17.8 Å². The summed E-state index contributed by atoms with van der Waals surface area (Å²) in [5, 5.41) is 10.5. The number of halogens is 3. The second kappa shape index (κ2) is 10.3. The highest BCUT2D eigenvalue weighted by molar-refractivity contribution is 6.00. The second-order valence-corrected chi connectivity index (χ2v) is 8.51. The number of nitrogens with one attached hydrogen (secondary N) is 2. The molecule has 2 aromatic heterocycles. The van der Waals surface area contributed by atoms with Gasteiger partial charge >= 0.3 is 12.2 Å². The van der Waals surface area contributed by atoms with Gasteiger partial charge in [-0.2, -0.15) is 18.3 Å². The molecule has 5 rings (SSSR count). The molecule has 0 spiro atoms. The number of carbonyl (C=O) groups is 1. The van der Waals surface area contributed by atoms with Crippen LogP contribution in [0.3, 0.4) is 0 Å². The van der Waals surface area contributed by atoms with E-state index in [1.54, 1.807) is 37.8 Å². The quantitative estimate of drug-likeness (QED) is 0.259. The maximum absolute atomic E-state index is 12.9. The fourth-order valence-electron chi connectivity index (χ4n) is 4.05. The van der Waals surface area contributed by atoms with Crippen molar-refractivity contribution in [2.45, 2.75) is 12.7 Å². The molecule has 0 saturated heterocycles. The van der Waals surface area contributed by atoms with E-state index in [9.17, 15) is 18.0 Å². The summed E-state index contributed by atoms with van der Waals surface area (Å²) in [5.74, 6) is 0.786. The van der Waals surface area contributed by atoms with Gasteiger partial charge in [-0.3, -0.25) is 9.67 Å². The first kappa shape index (κ1) is 24.8. The molecule has 10 heteroatoms. The summed E-state index contributed by atoms with van der Waals surface area (Å²) in [7, 11) is 1.63. The summed E-state index contributed by atoms with van der Waals surface area (Å²) in [6.45, 7) is 0.572. The van der Waals surface area contributed by atoms with Crippen molar-refractivity contribution in [1.82, 2.24) is 14.8 Å². The molecule has 0 aliphatic rings. The molecule has 0 fully saturated rings. The Morgan fingerprint density at radius 1 is 0.921 bits per heavy atom. The second-order valence-electron chi connectivity index (χ2n) is 8.51. The van der Waals surface area contributed by atoms with Crippen LogP contribution in [-0.4, -0.2) is 27.9 Å². The topological polar surface area (TPSA) is 81.1 Å². The number of urea groups is 1. The van der Waals surface area contributed by atoms with E-state index in [4.69, 9.17) is 4.74 Å². The fourth-order valence-corrected chi connectivity index (χ4v) is 4.05. The van der Waals surface area contributed by atoms with Crippen LogP contribution < -0.4 is 15.4 Å². The molecule has 0 unspecified atom stereocenters. The van der Waals surface area contributed by atoms with Gasteiger partial charge in [0.1, 0.15) is 5.75 Å². The van der Waals surface area contributed by atoms with Crippen molar-refractivity contribution in [3.8, 4) is 16.9 Å². The number of anilines is 2. The average molecular weight is 518 g/mol. The van der Waals surface area contributed by atoms with E-state index in [1.807, 2.05) is 41.1 Å². The lowest BCUT2D eigenvalue weighted by atomic mass is 10.0. The normalized spacial score (nSPS) is 11.4. The monoisotopic (exact) mass is 517 g/mol. The molecule has 0 aliphatic carbocycles. The van der Waals surface area contributed by atoms with Crippen molar-refractivity contribution < 1.29 is 22.7 Å². The zero-order valence-electron chi connectivity index (χ0n) is 20.2. The third kappa shape index (κ3) is 5.44. The third-order valence-electron chi connectivity index (χ3n) is 5.96. The first-order valence-corrected chi connectivity index (χ1v) is 11.6. The number of carbonyl (C=O) groups excluding carboxylic acids is 1. The lowest BCUT2D eigenvalue weighted by Gasteiger charge is -2.11. The van der Waals surface area contributed by atoms with Gasteiger partial charge in [-0.05, 0) is 53.6 Å². The zero-order chi connectivity index (χ0) is 26.7. The molecule has 5 aromatic rings. The standard InChI is InChI=1S/C28H22F3N5O2/c1-38-23-11-5-18(6-12-23)17-36-26-16-32-14-24(25(26)15-33-36)19-7-9-21(10-8-19)34-27(37)35-22-4-2-3-20(13-22)28(29,30)31/h2-16H,17H2,1H3,(H2,34,35,37). The Hall–Kier alpha value is -4.86. The average Bonchev–Trinajstić information content (AvgIpc) is 3.32. The van der Waals surface area contributed by atoms with Gasteiger partial charge in [0.05, 0.1) is 37.1 Å². The van der Waals surface area contributed by atoms with Gasteiger partial charge in [-0.15, -0.1) is 0 Å². The highest BCUT2D eigenvalue weighted by Crippen LogP contribution is 2.31. The van der Waals surface area contributed by atoms with Gasteiger partial charge in [0.15, 0.2) is 0 Å². The van der Waals surface area contributed by atoms with E-state index in [-0.39, 0.29) is 5.69 Å². The van der Waals surface area contributed by atoms with Crippen molar-refractivity contribution in [2.75, 3.05) is 17.7 Å². The number of alkyl halides is 3. The van der Waals surface area contributed by atoms with E-state index in [0.29, 0.717) is 12.2 Å². The van der Waals surface area contributed by atoms with Crippen LogP contribution in [0.4, 0.5) is 29.3 Å². The van der Waals surface area contributed by atoms with E-state index in [1.165, 1.54) is 12.1 Å². The van der Waals surface area contributed by atoms with Crippen molar-refractivity contribution in [3.63, 3.8) is 0 Å². The molecule has 38 heavy (non-hydrogen) atoms. The Kier molecular flexibility index (Phi) is 6.69. The largest absolute Gasteiger partial charge is 0.497 e. The van der Waals surface area contributed by atoms with Gasteiger partial charge < -0.3 is 15.4 Å². The van der Waals surface area contributed by atoms with E-state index in [0.717, 1.165) is 45.5 Å². The molecule has 2 heterocycles. The van der Waals surface area contributed by atoms with Gasteiger partial charge in [0, 0.05) is 28.5 Å². The molecule has 7 nitrogen and oxygen atoms in total. The van der Waals surface area contributed by atoms with Gasteiger partial charge in [-0.25, -0.2) is 4.79 Å². The molecule has 0 radical (unpaired) electrons. The SMILES string of the molecule is COc1ccc(Cn2ncc3c(-c4ccc(NC(=O)Nc5cccc(C(F)(F)F)c5)cc4)cncc32)cc1. The molecule has 0 saturated carbocycles. The number of rotatable bonds is 6. The van der Waals surface area contributed by atoms with Gasteiger partial charge in [0.25, 0.3) is 0 Å². The number of pyridine rings is 1. The highest BCUT2D eigenvalue weighted by Gasteiger charge is 2.30. The predicted octanol–water partition coefficient (Wildman–Crippen LogP) is 6.82. The lowest BCUT2D eigenvalue weighted by Crippen LogP contribution is -2.19. The fraction of sp³-hybridized carbons (Fsp3) is 0.107. The molecule has 0 bridgehead atoms. The van der Waals surface area contributed by atoms with Crippen LogP contribution in [0.1, 0.15) is 11.1 Å². The maximum atomic E-state index is 12.9. The summed E-state index contributed by atoms with van der Waals surface area (Å²) in [4.78, 5) is 16.7. The number of hydrogen-bond donors (Lipinski definition) is 2. The van der Waals surface area contributed by atoms with Crippen molar-refractivity contribution in [1.29, 1.82) is 0 Å². The summed E-state index contributed by atoms with van der Waals surface area (Å²) in [6, 6.07) is 18.7. The number of aromatic nitrogens is 3. The minimum Gasteiger partial charge on any atom is -0.497 e. The molecular weight excluding hydrogens is 495 g/mol. The number of hydrogen-bond acceptors (Lipinski definition) is 4. The Morgan fingerprint density at radius 2 is 1.66 bits per heavy atom. The van der Waals surface area contributed by atoms with Crippen LogP contribution in [0.2, 0.25) is 0 Å². The van der Waals surface area contributed by atoms with Crippen LogP contribution in [0.5, 0.6) is 5.75 Å². The van der Waals surface area contributed by atoms with Crippen molar-refractivity contribution >= 4 is 28.3 Å². The summed E-state index contributed by atoms with van der Waals surface area (Å²) < 4.78 is 45.8. The van der Waals surface area contributed by atoms with Crippen molar-refractivity contribution in [3.05, 3.63) is 103 Å². The van der Waals surface area contributed by atoms with E-state index in [2.05, 4.69) is 20.7 Å². The van der Waals surface area contributed by atoms with Crippen LogP contribution in [0.25, 0.3) is 22.0 Å². The Balaban J connectivity index is 1.29. The molecule has 3 aromatic carbocycles. The van der Waals surface area contributed by atoms with Crippen LogP contribution in [0.15, 0.2) is 91.4 Å². The Labute approximate surface area is 215 Å². The maximum Gasteiger partial charge on any atom is 0.416 e. The minimum absolute atomic E-state index is 0.0401. The number of ether oxygens (including phenoxy) is 1. The van der Waals surface area contributed by atoms with Crippen LogP contribution in [-0.2, 0) is 12.7 Å². The smallest absolute Gasteiger partial charge is 0.416 e. The summed E-state index contributed by atoms with van der Waals surface area (Å²) in [6.07, 6.45) is 0.826. The van der Waals surface area contributed by atoms with Gasteiger partial charge in [0.2, 0.25) is 0 Å². The Bertz CT molecular complexity index is 1580. The van der Waals surface area contributed by atoms with Crippen LogP contribution >= 0.6 is 0 Å². The first-order chi connectivity index (χ1) is 18.3. The van der Waals surface area contributed by atoms with E-state index >= 15 is 0 Å². The molecule has 192 valence electrons. The number of nitrogens with zero attached hydrogens (tertiary/aromatic N) is 3.